The Kier molecular flexibility index (Phi) is 4.54. The monoisotopic (exact) mass is 447 g/mol. The van der Waals surface area contributed by atoms with Gasteiger partial charge in [-0.25, -0.2) is 8.78 Å². The zero-order valence-corrected chi connectivity index (χ0v) is 17.0. The third-order valence-corrected chi connectivity index (χ3v) is 5.75. The fraction of sp³-hybridized carbons (Fsp3) is 0.0417. The van der Waals surface area contributed by atoms with Crippen molar-refractivity contribution >= 4 is 34.1 Å². The fourth-order valence-electron chi connectivity index (χ4n) is 3.92. The molecule has 1 aliphatic heterocycles. The molecule has 0 aliphatic carbocycles. The highest BCUT2D eigenvalue weighted by Crippen LogP contribution is 2.35. The number of rotatable bonds is 2. The number of pyridine rings is 1. The summed E-state index contributed by atoms with van der Waals surface area (Å²) in [6.07, 6.45) is 0.205. The number of benzene rings is 3. The zero-order chi connectivity index (χ0) is 22.6. The largest absolute Gasteiger partial charge is 0.354 e. The number of hydrogen-bond donors (Lipinski definition) is 2. The molecule has 5 nitrogen and oxygen atoms in total. The second-order valence-electron chi connectivity index (χ2n) is 7.42. The minimum Gasteiger partial charge on any atom is -0.354 e. The summed E-state index contributed by atoms with van der Waals surface area (Å²) in [6.45, 7) is 0. The first kappa shape index (κ1) is 19.9. The quantitative estimate of drug-likeness (QED) is 0.445. The molecule has 32 heavy (non-hydrogen) atoms. The highest BCUT2D eigenvalue weighted by Gasteiger charge is 2.23. The van der Waals surface area contributed by atoms with Crippen LogP contribution >= 0.6 is 11.6 Å². The minimum absolute atomic E-state index is 0.0425. The molecule has 1 aromatic heterocycles. The number of carbonyl (C=O) groups is 1. The van der Waals surface area contributed by atoms with Crippen LogP contribution in [0.15, 0.2) is 53.3 Å². The summed E-state index contributed by atoms with van der Waals surface area (Å²) >= 11 is 6.21. The van der Waals surface area contributed by atoms with E-state index in [0.717, 1.165) is 11.6 Å². The molecule has 2 heterocycles. The Balaban J connectivity index is 1.71. The number of nitrogens with one attached hydrogen (secondary N) is 2. The van der Waals surface area contributed by atoms with Gasteiger partial charge in [-0.15, -0.1) is 0 Å². The van der Waals surface area contributed by atoms with Crippen LogP contribution in [-0.4, -0.2) is 10.9 Å². The van der Waals surface area contributed by atoms with Crippen LogP contribution in [-0.2, 0) is 11.2 Å². The number of fused-ring (bicyclic) bond motifs is 2. The molecular formula is C24H12ClF2N3O2. The van der Waals surface area contributed by atoms with Crippen molar-refractivity contribution in [2.24, 2.45) is 0 Å². The van der Waals surface area contributed by atoms with Crippen LogP contribution in [0.5, 0.6) is 0 Å². The van der Waals surface area contributed by atoms with Crippen LogP contribution in [0.3, 0.4) is 0 Å². The van der Waals surface area contributed by atoms with Gasteiger partial charge in [0.05, 0.1) is 40.2 Å². The van der Waals surface area contributed by atoms with Crippen LogP contribution < -0.4 is 10.7 Å². The second kappa shape index (κ2) is 7.29. The number of H-pyrrole nitrogens is 1. The van der Waals surface area contributed by atoms with Gasteiger partial charge in [0.25, 0.3) is 0 Å². The first-order valence-electron chi connectivity index (χ1n) is 9.54. The lowest BCUT2D eigenvalue weighted by Gasteiger charge is -2.12. The number of halogens is 3. The van der Waals surface area contributed by atoms with Crippen LogP contribution in [0, 0.1) is 23.0 Å². The van der Waals surface area contributed by atoms with Gasteiger partial charge in [-0.2, -0.15) is 5.26 Å². The minimum atomic E-state index is -1.01. The Morgan fingerprint density at radius 2 is 1.84 bits per heavy atom. The molecule has 3 aromatic carbocycles. The van der Waals surface area contributed by atoms with Gasteiger partial charge in [-0.3, -0.25) is 9.59 Å². The molecule has 0 unspecified atom stereocenters. The smallest absolute Gasteiger partial charge is 0.228 e. The van der Waals surface area contributed by atoms with E-state index in [4.69, 9.17) is 16.9 Å². The normalized spacial score (nSPS) is 12.5. The Morgan fingerprint density at radius 3 is 2.62 bits per heavy atom. The lowest BCUT2D eigenvalue weighted by molar-refractivity contribution is -0.115. The number of carbonyl (C=O) groups excluding carboxylic acids is 1. The number of aromatic nitrogens is 1. The van der Waals surface area contributed by atoms with E-state index in [1.165, 1.54) is 36.4 Å². The second-order valence-corrected chi connectivity index (χ2v) is 7.83. The summed E-state index contributed by atoms with van der Waals surface area (Å²) in [4.78, 5) is 27.3. The van der Waals surface area contributed by atoms with Gasteiger partial charge >= 0.3 is 0 Å². The third-order valence-electron chi connectivity index (χ3n) is 5.42. The highest BCUT2D eigenvalue weighted by atomic mass is 35.5. The first-order chi connectivity index (χ1) is 15.4. The molecule has 0 bridgehead atoms. The average Bonchev–Trinajstić information content (AvgIpc) is 3.12. The van der Waals surface area contributed by atoms with Gasteiger partial charge in [0.15, 0.2) is 5.43 Å². The van der Waals surface area contributed by atoms with Crippen molar-refractivity contribution in [3.63, 3.8) is 0 Å². The van der Waals surface area contributed by atoms with Crippen molar-refractivity contribution in [1.29, 1.82) is 5.26 Å². The molecule has 8 heteroatoms. The Bertz CT molecular complexity index is 1570. The maximum Gasteiger partial charge on any atom is 0.228 e. The van der Waals surface area contributed by atoms with E-state index >= 15 is 8.78 Å². The predicted octanol–water partition coefficient (Wildman–Crippen LogP) is 5.16. The zero-order valence-electron chi connectivity index (χ0n) is 16.2. The molecule has 0 spiro atoms. The predicted molar refractivity (Wildman–Crippen MR) is 117 cm³/mol. The molecule has 0 atom stereocenters. The van der Waals surface area contributed by atoms with E-state index in [9.17, 15) is 9.59 Å². The molecule has 1 aliphatic rings. The van der Waals surface area contributed by atoms with Gasteiger partial charge in [-0.1, -0.05) is 23.7 Å². The van der Waals surface area contributed by atoms with E-state index in [2.05, 4.69) is 10.3 Å². The van der Waals surface area contributed by atoms with Crippen molar-refractivity contribution in [3.05, 3.63) is 86.5 Å². The van der Waals surface area contributed by atoms with Gasteiger partial charge < -0.3 is 10.3 Å². The van der Waals surface area contributed by atoms with Crippen molar-refractivity contribution < 1.29 is 13.6 Å². The Hall–Kier alpha value is -4.02. The number of nitriles is 1. The number of amides is 1. The van der Waals surface area contributed by atoms with E-state index in [-0.39, 0.29) is 45.1 Å². The van der Waals surface area contributed by atoms with E-state index in [1.807, 2.05) is 6.07 Å². The van der Waals surface area contributed by atoms with Crippen molar-refractivity contribution in [2.75, 3.05) is 5.32 Å². The Morgan fingerprint density at radius 1 is 1.03 bits per heavy atom. The first-order valence-corrected chi connectivity index (χ1v) is 9.91. The summed E-state index contributed by atoms with van der Waals surface area (Å²) in [5, 5.41) is 11.7. The average molecular weight is 448 g/mol. The van der Waals surface area contributed by atoms with E-state index < -0.39 is 17.1 Å². The molecule has 0 radical (unpaired) electrons. The van der Waals surface area contributed by atoms with Crippen LogP contribution in [0.4, 0.5) is 14.5 Å². The lowest BCUT2D eigenvalue weighted by Crippen LogP contribution is -2.08. The summed E-state index contributed by atoms with van der Waals surface area (Å²) in [5.41, 5.74) is 1.28. The topological polar surface area (TPSA) is 85.8 Å². The van der Waals surface area contributed by atoms with Gasteiger partial charge in [0.2, 0.25) is 5.91 Å². The van der Waals surface area contributed by atoms with Crippen molar-refractivity contribution in [3.8, 4) is 28.5 Å². The van der Waals surface area contributed by atoms with Crippen molar-refractivity contribution in [1.82, 2.24) is 4.98 Å². The standard InChI is InChI=1S/C24H12ClF2N3O2/c25-15-4-1-11(10-28)5-14(15)18-9-20(31)23-19(29-18)8-16(26)22(24(23)27)13-3-2-12-7-21(32)30-17(12)6-13/h1-6,8-9H,7H2,(H,29,31)(H,30,32). The SMILES string of the molecule is N#Cc1ccc(Cl)c(-c2cc(=O)c3c(F)c(-c4ccc5c(c4)NC(=O)C5)c(F)cc3[nH]2)c1. The molecule has 1 amide bonds. The van der Waals surface area contributed by atoms with Gasteiger partial charge in [-0.05, 0) is 41.5 Å². The molecule has 5 rings (SSSR count). The summed E-state index contributed by atoms with van der Waals surface area (Å²) in [6, 6.07) is 13.3. The van der Waals surface area contributed by atoms with E-state index in [0.29, 0.717) is 16.8 Å². The van der Waals surface area contributed by atoms with Crippen LogP contribution in [0.25, 0.3) is 33.3 Å². The molecule has 4 aromatic rings. The fourth-order valence-corrected chi connectivity index (χ4v) is 4.14. The summed E-state index contributed by atoms with van der Waals surface area (Å²) in [7, 11) is 0. The Labute approximate surface area is 184 Å². The van der Waals surface area contributed by atoms with Crippen LogP contribution in [0.2, 0.25) is 5.02 Å². The summed E-state index contributed by atoms with van der Waals surface area (Å²) < 4.78 is 30.5. The summed E-state index contributed by atoms with van der Waals surface area (Å²) in [5.74, 6) is -2.07. The van der Waals surface area contributed by atoms with Crippen molar-refractivity contribution in [2.45, 2.75) is 6.42 Å². The van der Waals surface area contributed by atoms with Gasteiger partial charge in [0, 0.05) is 22.3 Å². The molecule has 2 N–H and O–H groups in total. The molecule has 0 saturated heterocycles. The number of hydrogen-bond acceptors (Lipinski definition) is 3. The molecule has 156 valence electrons. The van der Waals surface area contributed by atoms with Crippen LogP contribution in [0.1, 0.15) is 11.1 Å². The molecule has 0 fully saturated rings. The highest BCUT2D eigenvalue weighted by molar-refractivity contribution is 6.33. The maximum absolute atomic E-state index is 15.4. The maximum atomic E-state index is 15.4. The van der Waals surface area contributed by atoms with E-state index in [1.54, 1.807) is 6.07 Å². The third kappa shape index (κ3) is 3.13. The molecular weight excluding hydrogens is 436 g/mol. The lowest BCUT2D eigenvalue weighted by atomic mass is 9.98. The number of nitrogens with zero attached hydrogens (tertiary/aromatic N) is 1. The number of anilines is 1. The molecule has 0 saturated carbocycles. The number of aromatic amines is 1. The van der Waals surface area contributed by atoms with Gasteiger partial charge in [0.1, 0.15) is 11.6 Å².